The highest BCUT2D eigenvalue weighted by atomic mass is 79.9. The average molecular weight is 534 g/mol. The second kappa shape index (κ2) is 10.4. The normalized spacial score (nSPS) is 16.7. The van der Waals surface area contributed by atoms with Gasteiger partial charge in [0.1, 0.15) is 5.82 Å². The van der Waals surface area contributed by atoms with Crippen molar-refractivity contribution in [2.45, 2.75) is 38.3 Å². The van der Waals surface area contributed by atoms with Crippen molar-refractivity contribution in [1.82, 2.24) is 29.8 Å². The maximum absolute atomic E-state index is 13.1. The number of benzene rings is 1. The largest absolute Gasteiger partial charge is 0.366 e. The van der Waals surface area contributed by atoms with Crippen LogP contribution in [-0.2, 0) is 6.54 Å². The van der Waals surface area contributed by atoms with Gasteiger partial charge in [-0.05, 0) is 52.9 Å². The number of fused-ring (bicyclic) bond motifs is 1. The summed E-state index contributed by atoms with van der Waals surface area (Å²) in [5.41, 5.74) is 3.89. The van der Waals surface area contributed by atoms with Gasteiger partial charge in [0.05, 0.1) is 22.4 Å². The molecule has 1 fully saturated rings. The Morgan fingerprint density at radius 3 is 2.86 bits per heavy atom. The highest BCUT2D eigenvalue weighted by Crippen LogP contribution is 2.30. The summed E-state index contributed by atoms with van der Waals surface area (Å²) in [5, 5.41) is 11.1. The number of carbonyl (C=O) groups is 1. The molecule has 2 amide bonds. The SMILES string of the molecule is C[C@@H](NC(=O)N1CCCC(c2cc(NCc3cccnc3)n3ncc(Br)c3n2)C1)c1ccccc1. The fraction of sp³-hybridized carbons (Fsp3) is 0.308. The first-order chi connectivity index (χ1) is 17.1. The highest BCUT2D eigenvalue weighted by molar-refractivity contribution is 9.10. The predicted octanol–water partition coefficient (Wildman–Crippen LogP) is 5.15. The number of amides is 2. The zero-order valence-electron chi connectivity index (χ0n) is 19.6. The van der Waals surface area contributed by atoms with Gasteiger partial charge in [0.2, 0.25) is 0 Å². The van der Waals surface area contributed by atoms with E-state index in [-0.39, 0.29) is 18.0 Å². The minimum absolute atomic E-state index is 0.0346. The van der Waals surface area contributed by atoms with Gasteiger partial charge in [0.15, 0.2) is 5.65 Å². The Bertz CT molecular complexity index is 1300. The standard InChI is InChI=1S/C26H28BrN7O/c1-18(20-8-3-2-4-9-20)31-26(35)33-12-6-10-21(17-33)23-13-24(29-15-19-7-5-11-28-14-19)34-25(32-23)22(27)16-30-34/h2-5,7-9,11,13-14,16,18,21,29H,6,10,12,15,17H2,1H3,(H,31,35)/t18-,21?/m1/s1. The van der Waals surface area contributed by atoms with Crippen LogP contribution in [-0.4, -0.2) is 43.6 Å². The van der Waals surface area contributed by atoms with Crippen LogP contribution in [0.15, 0.2) is 71.6 Å². The Kier molecular flexibility index (Phi) is 6.94. The molecule has 0 radical (unpaired) electrons. The van der Waals surface area contributed by atoms with Crippen LogP contribution in [0.25, 0.3) is 5.65 Å². The van der Waals surface area contributed by atoms with Gasteiger partial charge in [-0.2, -0.15) is 9.61 Å². The number of hydrogen-bond donors (Lipinski definition) is 2. The lowest BCUT2D eigenvalue weighted by atomic mass is 9.94. The highest BCUT2D eigenvalue weighted by Gasteiger charge is 2.27. The maximum atomic E-state index is 13.1. The minimum atomic E-state index is -0.0513. The number of pyridine rings is 1. The number of halogens is 1. The van der Waals surface area contributed by atoms with Crippen molar-refractivity contribution >= 4 is 33.4 Å². The Morgan fingerprint density at radius 1 is 1.20 bits per heavy atom. The van der Waals surface area contributed by atoms with E-state index < -0.39 is 0 Å². The van der Waals surface area contributed by atoms with E-state index in [0.29, 0.717) is 13.1 Å². The molecule has 35 heavy (non-hydrogen) atoms. The van der Waals surface area contributed by atoms with Crippen LogP contribution >= 0.6 is 15.9 Å². The number of likely N-dealkylation sites (tertiary alicyclic amines) is 1. The van der Waals surface area contributed by atoms with Crippen molar-refractivity contribution in [3.8, 4) is 0 Å². The summed E-state index contributed by atoms with van der Waals surface area (Å²) >= 11 is 3.58. The van der Waals surface area contributed by atoms with Gasteiger partial charge in [-0.3, -0.25) is 4.98 Å². The number of piperidine rings is 1. The van der Waals surface area contributed by atoms with Gasteiger partial charge in [0, 0.05) is 44.0 Å². The molecule has 0 aliphatic carbocycles. The summed E-state index contributed by atoms with van der Waals surface area (Å²) in [4.78, 5) is 24.1. The molecule has 1 aliphatic heterocycles. The number of urea groups is 1. The second-order valence-corrected chi connectivity index (χ2v) is 9.73. The number of rotatable bonds is 6. The van der Waals surface area contributed by atoms with Gasteiger partial charge in [-0.1, -0.05) is 36.4 Å². The number of carbonyl (C=O) groups excluding carboxylic acids is 1. The lowest BCUT2D eigenvalue weighted by molar-refractivity contribution is 0.176. The lowest BCUT2D eigenvalue weighted by Gasteiger charge is -2.33. The van der Waals surface area contributed by atoms with E-state index in [2.05, 4.69) is 42.7 Å². The Morgan fingerprint density at radius 2 is 2.06 bits per heavy atom. The van der Waals surface area contributed by atoms with Crippen LogP contribution in [0.3, 0.4) is 0 Å². The van der Waals surface area contributed by atoms with E-state index in [0.717, 1.165) is 52.1 Å². The summed E-state index contributed by atoms with van der Waals surface area (Å²) in [5.74, 6) is 1.01. The van der Waals surface area contributed by atoms with Gasteiger partial charge in [0.25, 0.3) is 0 Å². The second-order valence-electron chi connectivity index (χ2n) is 8.88. The van der Waals surface area contributed by atoms with Crippen molar-refractivity contribution in [2.24, 2.45) is 0 Å². The van der Waals surface area contributed by atoms with Crippen molar-refractivity contribution < 1.29 is 4.79 Å². The zero-order valence-corrected chi connectivity index (χ0v) is 21.1. The molecule has 2 N–H and O–H groups in total. The van der Waals surface area contributed by atoms with E-state index >= 15 is 0 Å². The zero-order chi connectivity index (χ0) is 24.2. The van der Waals surface area contributed by atoms with Crippen LogP contribution in [0.4, 0.5) is 10.6 Å². The average Bonchev–Trinajstić information content (AvgIpc) is 3.29. The van der Waals surface area contributed by atoms with Crippen LogP contribution < -0.4 is 10.6 Å². The predicted molar refractivity (Wildman–Crippen MR) is 139 cm³/mol. The van der Waals surface area contributed by atoms with Crippen molar-refractivity contribution in [3.63, 3.8) is 0 Å². The fourth-order valence-electron chi connectivity index (χ4n) is 4.49. The van der Waals surface area contributed by atoms with Crippen LogP contribution in [0.5, 0.6) is 0 Å². The summed E-state index contributed by atoms with van der Waals surface area (Å²) < 4.78 is 2.64. The number of nitrogens with zero attached hydrogens (tertiary/aromatic N) is 5. The van der Waals surface area contributed by atoms with E-state index in [1.807, 2.05) is 60.5 Å². The molecular formula is C26H28BrN7O. The topological polar surface area (TPSA) is 87.5 Å². The molecule has 2 atom stereocenters. The molecule has 0 saturated carbocycles. The summed E-state index contributed by atoms with van der Waals surface area (Å²) in [6, 6.07) is 16.0. The maximum Gasteiger partial charge on any atom is 0.317 e. The molecule has 4 aromatic rings. The first kappa shape index (κ1) is 23.3. The summed E-state index contributed by atoms with van der Waals surface area (Å²) in [7, 11) is 0. The Hall–Kier alpha value is -3.46. The quantitative estimate of drug-likeness (QED) is 0.358. The summed E-state index contributed by atoms with van der Waals surface area (Å²) in [6.07, 6.45) is 7.29. The molecule has 1 aromatic carbocycles. The van der Waals surface area contributed by atoms with Crippen LogP contribution in [0, 0.1) is 0 Å². The molecule has 1 unspecified atom stereocenters. The van der Waals surface area contributed by atoms with E-state index in [4.69, 9.17) is 4.98 Å². The Balaban J connectivity index is 1.33. The molecule has 8 nitrogen and oxygen atoms in total. The third kappa shape index (κ3) is 5.30. The van der Waals surface area contributed by atoms with Crippen molar-refractivity contribution in [1.29, 1.82) is 0 Å². The molecule has 0 bridgehead atoms. The molecule has 3 aromatic heterocycles. The molecule has 5 rings (SSSR count). The number of nitrogens with one attached hydrogen (secondary N) is 2. The van der Waals surface area contributed by atoms with Crippen LogP contribution in [0.1, 0.15) is 48.5 Å². The first-order valence-corrected chi connectivity index (χ1v) is 12.6. The first-order valence-electron chi connectivity index (χ1n) is 11.9. The third-order valence-electron chi connectivity index (χ3n) is 6.41. The van der Waals surface area contributed by atoms with Gasteiger partial charge < -0.3 is 15.5 Å². The monoisotopic (exact) mass is 533 g/mol. The van der Waals surface area contributed by atoms with E-state index in [1.165, 1.54) is 0 Å². The number of anilines is 1. The van der Waals surface area contributed by atoms with Crippen LogP contribution in [0.2, 0.25) is 0 Å². The molecule has 0 spiro atoms. The smallest absolute Gasteiger partial charge is 0.317 e. The summed E-state index contributed by atoms with van der Waals surface area (Å²) in [6.45, 7) is 4.01. The van der Waals surface area contributed by atoms with Crippen molar-refractivity contribution in [2.75, 3.05) is 18.4 Å². The van der Waals surface area contributed by atoms with E-state index in [9.17, 15) is 4.79 Å². The lowest BCUT2D eigenvalue weighted by Crippen LogP contribution is -2.45. The molecule has 1 aliphatic rings. The third-order valence-corrected chi connectivity index (χ3v) is 6.97. The molecule has 180 valence electrons. The van der Waals surface area contributed by atoms with Gasteiger partial charge in [-0.25, -0.2) is 9.78 Å². The molecular weight excluding hydrogens is 506 g/mol. The van der Waals surface area contributed by atoms with Crippen molar-refractivity contribution in [3.05, 3.63) is 88.4 Å². The van der Waals surface area contributed by atoms with E-state index in [1.54, 1.807) is 16.9 Å². The van der Waals surface area contributed by atoms with Gasteiger partial charge in [-0.15, -0.1) is 0 Å². The minimum Gasteiger partial charge on any atom is -0.366 e. The molecule has 1 saturated heterocycles. The van der Waals surface area contributed by atoms with Gasteiger partial charge >= 0.3 is 6.03 Å². The Labute approximate surface area is 212 Å². The molecule has 4 heterocycles. The number of hydrogen-bond acceptors (Lipinski definition) is 5. The molecule has 9 heteroatoms. The number of aromatic nitrogens is 4. The fourth-order valence-corrected chi connectivity index (χ4v) is 4.84.